The highest BCUT2D eigenvalue weighted by molar-refractivity contribution is 5.79. The molecule has 1 heterocycles. The topological polar surface area (TPSA) is 48.1 Å². The molecule has 1 fully saturated rings. The summed E-state index contributed by atoms with van der Waals surface area (Å²) in [7, 11) is 1.36. The van der Waals surface area contributed by atoms with E-state index in [0.29, 0.717) is 13.2 Å². The van der Waals surface area contributed by atoms with Crippen LogP contribution >= 0.6 is 0 Å². The largest absolute Gasteiger partial charge is 0.467 e. The van der Waals surface area contributed by atoms with Gasteiger partial charge in [-0.2, -0.15) is 0 Å². The van der Waals surface area contributed by atoms with E-state index in [4.69, 9.17) is 9.47 Å². The summed E-state index contributed by atoms with van der Waals surface area (Å²) in [6.45, 7) is 2.76. The van der Waals surface area contributed by atoms with Crippen molar-refractivity contribution in [3.05, 3.63) is 35.9 Å². The molecule has 4 nitrogen and oxygen atoms in total. The third-order valence-corrected chi connectivity index (χ3v) is 2.80. The molecule has 4 heteroatoms. The first-order valence-corrected chi connectivity index (χ1v) is 5.53. The molecule has 0 aliphatic carbocycles. The zero-order valence-electron chi connectivity index (χ0n) is 10.0. The van der Waals surface area contributed by atoms with Crippen molar-refractivity contribution in [1.29, 1.82) is 0 Å². The van der Waals surface area contributed by atoms with Crippen molar-refractivity contribution in [3.8, 4) is 0 Å². The molecule has 1 saturated heterocycles. The maximum absolute atomic E-state index is 11.2. The van der Waals surface area contributed by atoms with Gasteiger partial charge in [0.05, 0.1) is 20.3 Å². The van der Waals surface area contributed by atoms with E-state index >= 15 is 0 Å². The van der Waals surface area contributed by atoms with Gasteiger partial charge >= 0.3 is 5.97 Å². The normalized spacial score (nSPS) is 26.6. The first kappa shape index (κ1) is 12.1. The maximum atomic E-state index is 11.2. The third kappa shape index (κ3) is 2.84. The van der Waals surface area contributed by atoms with Crippen molar-refractivity contribution in [1.82, 2.24) is 0 Å². The van der Waals surface area contributed by atoms with Crippen molar-refractivity contribution >= 4 is 5.97 Å². The molecule has 0 bridgehead atoms. The second-order valence-electron chi connectivity index (χ2n) is 4.31. The molecule has 17 heavy (non-hydrogen) atoms. The summed E-state index contributed by atoms with van der Waals surface area (Å²) in [6, 6.07) is 9.88. The van der Waals surface area contributed by atoms with Gasteiger partial charge in [0, 0.05) is 0 Å². The van der Waals surface area contributed by atoms with Crippen LogP contribution in [0, 0.1) is 0 Å². The molecule has 0 amide bonds. The maximum Gasteiger partial charge on any atom is 0.338 e. The molecule has 2 unspecified atom stereocenters. The summed E-state index contributed by atoms with van der Waals surface area (Å²) in [5, 5.41) is 0. The van der Waals surface area contributed by atoms with Gasteiger partial charge in [-0.25, -0.2) is 4.79 Å². The van der Waals surface area contributed by atoms with Crippen LogP contribution in [0.25, 0.3) is 0 Å². The van der Waals surface area contributed by atoms with E-state index in [0.717, 1.165) is 5.56 Å². The van der Waals surface area contributed by atoms with Crippen LogP contribution in [0.2, 0.25) is 0 Å². The minimum Gasteiger partial charge on any atom is -0.467 e. The monoisotopic (exact) mass is 236 g/mol. The second kappa shape index (κ2) is 4.85. The highest BCUT2D eigenvalue weighted by Crippen LogP contribution is 2.37. The number of hydrogen-bond donors (Lipinski definition) is 0. The molecule has 2 atom stereocenters. The molecule has 0 radical (unpaired) electrons. The molecular formula is C13H16O4. The highest BCUT2D eigenvalue weighted by Gasteiger charge is 2.58. The van der Waals surface area contributed by atoms with E-state index < -0.39 is 11.7 Å². The molecule has 1 aliphatic rings. The van der Waals surface area contributed by atoms with Crippen LogP contribution in [-0.2, 0) is 25.6 Å². The molecule has 2 rings (SSSR count). The standard InChI is InChI=1S/C13H16O4/c1-13(11(17-13)12(14)15-2)9-16-8-10-6-4-3-5-7-10/h3-7,11H,8-9H2,1-2H3. The zero-order chi connectivity index (χ0) is 12.3. The highest BCUT2D eigenvalue weighted by atomic mass is 16.7. The summed E-state index contributed by atoms with van der Waals surface area (Å²) >= 11 is 0. The lowest BCUT2D eigenvalue weighted by Gasteiger charge is -2.07. The Balaban J connectivity index is 1.75. The van der Waals surface area contributed by atoms with E-state index in [2.05, 4.69) is 4.74 Å². The van der Waals surface area contributed by atoms with Crippen LogP contribution in [0.5, 0.6) is 0 Å². The number of epoxide rings is 1. The van der Waals surface area contributed by atoms with Crippen molar-refractivity contribution in [2.45, 2.75) is 25.2 Å². The summed E-state index contributed by atoms with van der Waals surface area (Å²) in [6.07, 6.45) is -0.483. The van der Waals surface area contributed by atoms with Gasteiger partial charge in [-0.3, -0.25) is 0 Å². The van der Waals surface area contributed by atoms with Crippen molar-refractivity contribution < 1.29 is 19.0 Å². The van der Waals surface area contributed by atoms with Crippen molar-refractivity contribution in [2.75, 3.05) is 13.7 Å². The van der Waals surface area contributed by atoms with Crippen LogP contribution in [0.1, 0.15) is 12.5 Å². The van der Waals surface area contributed by atoms with Crippen molar-refractivity contribution in [2.24, 2.45) is 0 Å². The molecule has 1 aromatic rings. The van der Waals surface area contributed by atoms with Gasteiger partial charge in [-0.05, 0) is 12.5 Å². The Bertz CT molecular complexity index is 390. The van der Waals surface area contributed by atoms with Crippen LogP contribution < -0.4 is 0 Å². The third-order valence-electron chi connectivity index (χ3n) is 2.80. The van der Waals surface area contributed by atoms with E-state index in [-0.39, 0.29) is 5.97 Å². The molecule has 1 aromatic carbocycles. The number of ether oxygens (including phenoxy) is 3. The lowest BCUT2D eigenvalue weighted by molar-refractivity contribution is -0.142. The number of methoxy groups -OCH3 is 1. The number of hydrogen-bond acceptors (Lipinski definition) is 4. The number of carbonyl (C=O) groups is 1. The van der Waals surface area contributed by atoms with Gasteiger partial charge in [-0.1, -0.05) is 30.3 Å². The molecule has 1 aliphatic heterocycles. The molecule has 0 aromatic heterocycles. The Labute approximate surface area is 100 Å². The fourth-order valence-corrected chi connectivity index (χ4v) is 1.70. The lowest BCUT2D eigenvalue weighted by Crippen LogP contribution is -2.24. The number of rotatable bonds is 5. The molecule has 0 saturated carbocycles. The minimum absolute atomic E-state index is 0.337. The second-order valence-corrected chi connectivity index (χ2v) is 4.31. The average Bonchev–Trinajstić information content (AvgIpc) is 3.02. The average molecular weight is 236 g/mol. The van der Waals surface area contributed by atoms with Gasteiger partial charge in [0.2, 0.25) is 0 Å². The number of benzene rings is 1. The number of carbonyl (C=O) groups excluding carboxylic acids is 1. The smallest absolute Gasteiger partial charge is 0.338 e. The van der Waals surface area contributed by atoms with Crippen LogP contribution in [0.4, 0.5) is 0 Å². The van der Waals surface area contributed by atoms with Gasteiger partial charge in [0.15, 0.2) is 6.10 Å². The summed E-state index contributed by atoms with van der Waals surface area (Å²) in [4.78, 5) is 11.2. The van der Waals surface area contributed by atoms with Gasteiger partial charge in [0.25, 0.3) is 0 Å². The molecular weight excluding hydrogens is 220 g/mol. The van der Waals surface area contributed by atoms with Crippen LogP contribution in [-0.4, -0.2) is 31.4 Å². The van der Waals surface area contributed by atoms with E-state index in [9.17, 15) is 4.79 Å². The van der Waals surface area contributed by atoms with Gasteiger partial charge in [0.1, 0.15) is 5.60 Å². The Kier molecular flexibility index (Phi) is 3.45. The number of esters is 1. The zero-order valence-corrected chi connectivity index (χ0v) is 10.0. The first-order valence-electron chi connectivity index (χ1n) is 5.53. The van der Waals surface area contributed by atoms with E-state index in [1.54, 1.807) is 0 Å². The lowest BCUT2D eigenvalue weighted by atomic mass is 10.1. The predicted octanol–water partition coefficient (Wildman–Crippen LogP) is 1.53. The van der Waals surface area contributed by atoms with Crippen molar-refractivity contribution in [3.63, 3.8) is 0 Å². The summed E-state index contributed by atoms with van der Waals surface area (Å²) in [5.41, 5.74) is 0.577. The fraction of sp³-hybridized carbons (Fsp3) is 0.462. The molecule has 0 spiro atoms. The predicted molar refractivity (Wildman–Crippen MR) is 61.4 cm³/mol. The molecule has 0 N–H and O–H groups in total. The van der Waals surface area contributed by atoms with E-state index in [1.165, 1.54) is 7.11 Å². The van der Waals surface area contributed by atoms with Gasteiger partial charge < -0.3 is 14.2 Å². The Morgan fingerprint density at radius 2 is 2.12 bits per heavy atom. The molecule has 92 valence electrons. The summed E-state index contributed by atoms with van der Waals surface area (Å²) in [5.74, 6) is -0.337. The minimum atomic E-state index is -0.526. The first-order chi connectivity index (χ1) is 8.15. The summed E-state index contributed by atoms with van der Waals surface area (Å²) < 4.78 is 15.4. The van der Waals surface area contributed by atoms with E-state index in [1.807, 2.05) is 37.3 Å². The fourth-order valence-electron chi connectivity index (χ4n) is 1.70. The Morgan fingerprint density at radius 3 is 2.76 bits per heavy atom. The van der Waals surface area contributed by atoms with Crippen LogP contribution in [0.15, 0.2) is 30.3 Å². The van der Waals surface area contributed by atoms with Crippen LogP contribution in [0.3, 0.4) is 0 Å². The Hall–Kier alpha value is -1.39. The van der Waals surface area contributed by atoms with Gasteiger partial charge in [-0.15, -0.1) is 0 Å². The SMILES string of the molecule is COC(=O)C1OC1(C)COCc1ccccc1. The quantitative estimate of drug-likeness (QED) is 0.574. The Morgan fingerprint density at radius 1 is 1.41 bits per heavy atom.